The molecule has 0 spiro atoms. The minimum Gasteiger partial charge on any atom is -0.337 e. The third-order valence-corrected chi connectivity index (χ3v) is 3.07. The molecule has 98 valence electrons. The molecule has 1 aromatic carbocycles. The lowest BCUT2D eigenvalue weighted by Gasteiger charge is -2.12. The molecule has 0 radical (unpaired) electrons. The molecule has 1 saturated heterocycles. The first-order chi connectivity index (χ1) is 8.75. The zero-order chi connectivity index (χ0) is 12.8. The summed E-state index contributed by atoms with van der Waals surface area (Å²) in [6.07, 6.45) is 2.25. The van der Waals surface area contributed by atoms with E-state index in [2.05, 4.69) is 16.0 Å². The van der Waals surface area contributed by atoms with Crippen LogP contribution in [0.4, 0.5) is 9.18 Å². The maximum absolute atomic E-state index is 13.3. The largest absolute Gasteiger partial charge is 0.337 e. The summed E-state index contributed by atoms with van der Waals surface area (Å²) in [5.74, 6) is -0.296. The maximum atomic E-state index is 13.3. The number of benzene rings is 1. The highest BCUT2D eigenvalue weighted by atomic mass is 19.1. The van der Waals surface area contributed by atoms with Crippen molar-refractivity contribution in [3.63, 3.8) is 0 Å². The van der Waals surface area contributed by atoms with Gasteiger partial charge < -0.3 is 16.0 Å². The summed E-state index contributed by atoms with van der Waals surface area (Å²) < 4.78 is 13.3. The van der Waals surface area contributed by atoms with E-state index in [0.29, 0.717) is 18.2 Å². The third-order valence-electron chi connectivity index (χ3n) is 3.07. The second-order valence-electron chi connectivity index (χ2n) is 4.45. The first kappa shape index (κ1) is 12.8. The van der Waals surface area contributed by atoms with Gasteiger partial charge in [-0.05, 0) is 25.5 Å². The van der Waals surface area contributed by atoms with Crippen LogP contribution in [0, 0.1) is 5.82 Å². The van der Waals surface area contributed by atoms with Gasteiger partial charge in [0, 0.05) is 24.7 Å². The lowest BCUT2D eigenvalue weighted by Crippen LogP contribution is -2.42. The number of carbonyl (C=O) groups is 1. The van der Waals surface area contributed by atoms with Crippen molar-refractivity contribution < 1.29 is 9.18 Å². The van der Waals surface area contributed by atoms with E-state index in [1.54, 1.807) is 18.2 Å². The molecule has 0 aromatic heterocycles. The quantitative estimate of drug-likeness (QED) is 0.757. The van der Waals surface area contributed by atoms with Gasteiger partial charge in [-0.15, -0.1) is 0 Å². The van der Waals surface area contributed by atoms with Crippen LogP contribution in [0.15, 0.2) is 24.3 Å². The highest BCUT2D eigenvalue weighted by molar-refractivity contribution is 5.73. The van der Waals surface area contributed by atoms with Crippen molar-refractivity contribution in [3.8, 4) is 0 Å². The summed E-state index contributed by atoms with van der Waals surface area (Å²) in [7, 11) is 0. The van der Waals surface area contributed by atoms with Crippen LogP contribution in [0.5, 0.6) is 0 Å². The van der Waals surface area contributed by atoms with E-state index in [9.17, 15) is 9.18 Å². The first-order valence-electron chi connectivity index (χ1n) is 6.24. The number of hydrogen-bond acceptors (Lipinski definition) is 2. The van der Waals surface area contributed by atoms with Crippen LogP contribution in [0.2, 0.25) is 0 Å². The average molecular weight is 251 g/mol. The summed E-state index contributed by atoms with van der Waals surface area (Å²) >= 11 is 0. The molecule has 3 N–H and O–H groups in total. The van der Waals surface area contributed by atoms with Gasteiger partial charge in [0.2, 0.25) is 0 Å². The monoisotopic (exact) mass is 251 g/mol. The predicted molar refractivity (Wildman–Crippen MR) is 67.7 cm³/mol. The first-order valence-corrected chi connectivity index (χ1v) is 6.24. The van der Waals surface area contributed by atoms with Crippen molar-refractivity contribution in [3.05, 3.63) is 35.6 Å². The van der Waals surface area contributed by atoms with Crippen LogP contribution in [-0.2, 0) is 6.54 Å². The predicted octanol–water partition coefficient (Wildman–Crippen LogP) is 1.38. The molecule has 1 unspecified atom stereocenters. The zero-order valence-corrected chi connectivity index (χ0v) is 10.2. The molecule has 5 heteroatoms. The molecular weight excluding hydrogens is 233 g/mol. The molecule has 2 amide bonds. The molecule has 2 rings (SSSR count). The minimum absolute atomic E-state index is 0.205. The van der Waals surface area contributed by atoms with Crippen LogP contribution >= 0.6 is 0 Å². The Morgan fingerprint density at radius 1 is 1.39 bits per heavy atom. The summed E-state index contributed by atoms with van der Waals surface area (Å²) in [6, 6.07) is 6.53. The average Bonchev–Trinajstić information content (AvgIpc) is 2.88. The van der Waals surface area contributed by atoms with Gasteiger partial charge in [-0.1, -0.05) is 18.2 Å². The highest BCUT2D eigenvalue weighted by Crippen LogP contribution is 2.05. The number of hydrogen-bond donors (Lipinski definition) is 3. The summed E-state index contributed by atoms with van der Waals surface area (Å²) in [5, 5.41) is 8.72. The van der Waals surface area contributed by atoms with Gasteiger partial charge in [0.05, 0.1) is 0 Å². The summed E-state index contributed by atoms with van der Waals surface area (Å²) in [6.45, 7) is 1.84. The Morgan fingerprint density at radius 3 is 2.94 bits per heavy atom. The minimum atomic E-state index is -0.296. The second kappa shape index (κ2) is 6.35. The number of carbonyl (C=O) groups excluding carboxylic acids is 1. The van der Waals surface area contributed by atoms with Crippen LogP contribution < -0.4 is 16.0 Å². The molecule has 1 aromatic rings. The Morgan fingerprint density at radius 2 is 2.22 bits per heavy atom. The van der Waals surface area contributed by atoms with Gasteiger partial charge in [-0.3, -0.25) is 0 Å². The number of rotatable bonds is 4. The zero-order valence-electron chi connectivity index (χ0n) is 10.2. The molecule has 0 bridgehead atoms. The van der Waals surface area contributed by atoms with Crippen molar-refractivity contribution in [2.75, 3.05) is 13.1 Å². The molecule has 1 aliphatic rings. The SMILES string of the molecule is O=C(NCc1ccccc1F)NCC1CCCN1. The molecule has 18 heavy (non-hydrogen) atoms. The van der Waals surface area contributed by atoms with Crippen LogP contribution in [-0.4, -0.2) is 25.2 Å². The van der Waals surface area contributed by atoms with E-state index in [1.165, 1.54) is 6.07 Å². The summed E-state index contributed by atoms with van der Waals surface area (Å²) in [4.78, 5) is 11.5. The molecule has 0 aliphatic carbocycles. The van der Waals surface area contributed by atoms with Gasteiger partial charge in [0.25, 0.3) is 0 Å². The van der Waals surface area contributed by atoms with Gasteiger partial charge in [0.15, 0.2) is 0 Å². The second-order valence-corrected chi connectivity index (χ2v) is 4.45. The lowest BCUT2D eigenvalue weighted by molar-refractivity contribution is 0.239. The number of urea groups is 1. The summed E-state index contributed by atoms with van der Waals surface area (Å²) in [5.41, 5.74) is 0.492. The Hall–Kier alpha value is -1.62. The van der Waals surface area contributed by atoms with Crippen LogP contribution in [0.25, 0.3) is 0 Å². The Kier molecular flexibility index (Phi) is 4.52. The highest BCUT2D eigenvalue weighted by Gasteiger charge is 2.14. The Bertz CT molecular complexity index is 405. The third kappa shape index (κ3) is 3.70. The van der Waals surface area contributed by atoms with Crippen LogP contribution in [0.1, 0.15) is 18.4 Å². The van der Waals surface area contributed by atoms with Gasteiger partial charge in [-0.2, -0.15) is 0 Å². The van der Waals surface area contributed by atoms with E-state index in [0.717, 1.165) is 19.4 Å². The molecule has 1 atom stereocenters. The molecule has 0 saturated carbocycles. The molecule has 1 fully saturated rings. The molecule has 4 nitrogen and oxygen atoms in total. The van der Waals surface area contributed by atoms with Gasteiger partial charge in [-0.25, -0.2) is 9.18 Å². The molecule has 1 heterocycles. The number of halogens is 1. The smallest absolute Gasteiger partial charge is 0.315 e. The fourth-order valence-electron chi connectivity index (χ4n) is 2.03. The Balaban J connectivity index is 1.69. The standard InChI is InChI=1S/C13H18FN3O/c14-12-6-2-1-4-10(12)8-16-13(18)17-9-11-5-3-7-15-11/h1-2,4,6,11,15H,3,5,7-9H2,(H2,16,17,18). The van der Waals surface area contributed by atoms with Crippen molar-refractivity contribution in [2.24, 2.45) is 0 Å². The fourth-order valence-corrected chi connectivity index (χ4v) is 2.03. The molecular formula is C13H18FN3O. The Labute approximate surface area is 106 Å². The fraction of sp³-hybridized carbons (Fsp3) is 0.462. The van der Waals surface area contributed by atoms with E-state index >= 15 is 0 Å². The van der Waals surface area contributed by atoms with Gasteiger partial charge in [0.1, 0.15) is 5.82 Å². The van der Waals surface area contributed by atoms with Gasteiger partial charge >= 0.3 is 6.03 Å². The van der Waals surface area contributed by atoms with E-state index in [1.807, 2.05) is 0 Å². The molecule has 1 aliphatic heterocycles. The van der Waals surface area contributed by atoms with Crippen molar-refractivity contribution >= 4 is 6.03 Å². The lowest BCUT2D eigenvalue weighted by atomic mass is 10.2. The van der Waals surface area contributed by atoms with E-state index < -0.39 is 0 Å². The number of nitrogens with one attached hydrogen (secondary N) is 3. The van der Waals surface area contributed by atoms with Crippen molar-refractivity contribution in [1.29, 1.82) is 0 Å². The van der Waals surface area contributed by atoms with E-state index in [4.69, 9.17) is 0 Å². The number of amides is 2. The van der Waals surface area contributed by atoms with Crippen LogP contribution in [0.3, 0.4) is 0 Å². The normalized spacial score (nSPS) is 18.6. The van der Waals surface area contributed by atoms with Crippen molar-refractivity contribution in [1.82, 2.24) is 16.0 Å². The maximum Gasteiger partial charge on any atom is 0.315 e. The van der Waals surface area contributed by atoms with E-state index in [-0.39, 0.29) is 18.4 Å². The van der Waals surface area contributed by atoms with Crippen molar-refractivity contribution in [2.45, 2.75) is 25.4 Å². The topological polar surface area (TPSA) is 53.2 Å².